The van der Waals surface area contributed by atoms with Crippen molar-refractivity contribution in [2.24, 2.45) is 0 Å². The number of nitrogens with zero attached hydrogens (tertiary/aromatic N) is 2. The van der Waals surface area contributed by atoms with Gasteiger partial charge < -0.3 is 0 Å². The van der Waals surface area contributed by atoms with E-state index in [-0.39, 0.29) is 0 Å². The van der Waals surface area contributed by atoms with Crippen LogP contribution in [0.25, 0.3) is 0 Å². The summed E-state index contributed by atoms with van der Waals surface area (Å²) >= 11 is 1.80. The molecule has 2 nitrogen and oxygen atoms in total. The lowest BCUT2D eigenvalue weighted by molar-refractivity contribution is 0.778. The zero-order chi connectivity index (χ0) is 10.2. The summed E-state index contributed by atoms with van der Waals surface area (Å²) in [5.74, 6) is 1.13. The summed E-state index contributed by atoms with van der Waals surface area (Å²) in [4.78, 5) is 5.07. The molecular weight excluding hydrogens is 192 g/mol. The minimum Gasteiger partial charge on any atom is -0.245 e. The third kappa shape index (κ3) is 3.80. The fraction of sp³-hybridized carbons (Fsp3) is 0.455. The Bertz CT molecular complexity index is 317. The molecule has 0 amide bonds. The van der Waals surface area contributed by atoms with Gasteiger partial charge in [0.25, 0.3) is 0 Å². The predicted octanol–water partition coefficient (Wildman–Crippen LogP) is 3.24. The average molecular weight is 206 g/mol. The van der Waals surface area contributed by atoms with Gasteiger partial charge in [0.15, 0.2) is 0 Å². The molecule has 0 spiro atoms. The molecule has 0 bridgehead atoms. The average Bonchev–Trinajstić information content (AvgIpc) is 2.25. The minimum atomic E-state index is 0.505. The number of hydrogen-bond donors (Lipinski definition) is 0. The van der Waals surface area contributed by atoms with Crippen molar-refractivity contribution in [3.8, 4) is 6.07 Å². The summed E-state index contributed by atoms with van der Waals surface area (Å²) in [6.07, 6.45) is 5.47. The van der Waals surface area contributed by atoms with Crippen molar-refractivity contribution in [3.63, 3.8) is 0 Å². The van der Waals surface area contributed by atoms with Gasteiger partial charge in [-0.15, -0.1) is 11.8 Å². The fourth-order valence-corrected chi connectivity index (χ4v) is 2.04. The number of thioether (sulfide) groups is 1. The highest BCUT2D eigenvalue weighted by atomic mass is 32.2. The van der Waals surface area contributed by atoms with E-state index in [1.165, 1.54) is 19.3 Å². The van der Waals surface area contributed by atoms with Gasteiger partial charge in [-0.3, -0.25) is 0 Å². The van der Waals surface area contributed by atoms with Gasteiger partial charge >= 0.3 is 0 Å². The van der Waals surface area contributed by atoms with Crippen molar-refractivity contribution in [2.75, 3.05) is 5.75 Å². The lowest BCUT2D eigenvalue weighted by Gasteiger charge is -2.00. The SMILES string of the molecule is CCCCCSc1ccnc(C#N)c1. The molecule has 74 valence electrons. The van der Waals surface area contributed by atoms with Crippen LogP contribution in [0.2, 0.25) is 0 Å². The number of hydrogen-bond acceptors (Lipinski definition) is 3. The van der Waals surface area contributed by atoms with Crippen LogP contribution in [0.1, 0.15) is 31.9 Å². The first-order valence-corrected chi connectivity index (χ1v) is 5.84. The number of nitriles is 1. The summed E-state index contributed by atoms with van der Waals surface area (Å²) in [5, 5.41) is 8.65. The summed E-state index contributed by atoms with van der Waals surface area (Å²) in [6.45, 7) is 2.20. The van der Waals surface area contributed by atoms with Gasteiger partial charge in [-0.2, -0.15) is 5.26 Å². The molecule has 14 heavy (non-hydrogen) atoms. The van der Waals surface area contributed by atoms with Crippen LogP contribution in [0, 0.1) is 11.3 Å². The Morgan fingerprint density at radius 2 is 2.36 bits per heavy atom. The van der Waals surface area contributed by atoms with Crippen LogP contribution >= 0.6 is 11.8 Å². The molecule has 1 aromatic heterocycles. The largest absolute Gasteiger partial charge is 0.245 e. The molecule has 0 aromatic carbocycles. The van der Waals surface area contributed by atoms with Crippen molar-refractivity contribution in [2.45, 2.75) is 31.1 Å². The van der Waals surface area contributed by atoms with Crippen LogP contribution in [0.5, 0.6) is 0 Å². The Balaban J connectivity index is 2.39. The normalized spacial score (nSPS) is 9.71. The predicted molar refractivity (Wildman–Crippen MR) is 59.2 cm³/mol. The molecule has 0 saturated heterocycles. The molecule has 0 atom stereocenters. The number of rotatable bonds is 5. The second-order valence-electron chi connectivity index (χ2n) is 3.04. The summed E-state index contributed by atoms with van der Waals surface area (Å²) in [5.41, 5.74) is 0.505. The van der Waals surface area contributed by atoms with Gasteiger partial charge in [-0.1, -0.05) is 19.8 Å². The quantitative estimate of drug-likeness (QED) is 0.548. The monoisotopic (exact) mass is 206 g/mol. The molecule has 0 fully saturated rings. The summed E-state index contributed by atoms with van der Waals surface area (Å²) < 4.78 is 0. The molecule has 3 heteroatoms. The highest BCUT2D eigenvalue weighted by molar-refractivity contribution is 7.99. The second-order valence-corrected chi connectivity index (χ2v) is 4.21. The van der Waals surface area contributed by atoms with Gasteiger partial charge in [-0.25, -0.2) is 4.98 Å². The van der Waals surface area contributed by atoms with Gasteiger partial charge in [0.1, 0.15) is 11.8 Å². The van der Waals surface area contributed by atoms with Gasteiger partial charge in [0.05, 0.1) is 0 Å². The molecule has 0 aliphatic carbocycles. The van der Waals surface area contributed by atoms with Gasteiger partial charge in [0, 0.05) is 11.1 Å². The van der Waals surface area contributed by atoms with Crippen LogP contribution in [0.4, 0.5) is 0 Å². The Kier molecular flexibility index (Phi) is 5.09. The smallest absolute Gasteiger partial charge is 0.141 e. The first-order chi connectivity index (χ1) is 6.86. The maximum atomic E-state index is 8.65. The number of aromatic nitrogens is 1. The Morgan fingerprint density at radius 3 is 3.07 bits per heavy atom. The van der Waals surface area contributed by atoms with Gasteiger partial charge in [0.2, 0.25) is 0 Å². The van der Waals surface area contributed by atoms with Crippen LogP contribution in [-0.4, -0.2) is 10.7 Å². The molecule has 1 aromatic rings. The molecule has 0 aliphatic rings. The molecule has 1 rings (SSSR count). The van der Waals surface area contributed by atoms with E-state index in [0.29, 0.717) is 5.69 Å². The summed E-state index contributed by atoms with van der Waals surface area (Å²) in [6, 6.07) is 5.84. The van der Waals surface area contributed by atoms with E-state index in [0.717, 1.165) is 10.6 Å². The molecule has 1 heterocycles. The van der Waals surface area contributed by atoms with Crippen LogP contribution < -0.4 is 0 Å². The number of pyridine rings is 1. The van der Waals surface area contributed by atoms with Crippen LogP contribution in [-0.2, 0) is 0 Å². The van der Waals surface area contributed by atoms with Crippen molar-refractivity contribution >= 4 is 11.8 Å². The van der Waals surface area contributed by atoms with Crippen LogP contribution in [0.3, 0.4) is 0 Å². The molecule has 0 aliphatic heterocycles. The summed E-state index contributed by atoms with van der Waals surface area (Å²) in [7, 11) is 0. The van der Waals surface area contributed by atoms with Crippen molar-refractivity contribution < 1.29 is 0 Å². The molecular formula is C11H14N2S. The Labute approximate surface area is 89.4 Å². The van der Waals surface area contributed by atoms with E-state index in [4.69, 9.17) is 5.26 Å². The van der Waals surface area contributed by atoms with Crippen molar-refractivity contribution in [1.82, 2.24) is 4.98 Å². The Hall–Kier alpha value is -1.01. The number of unbranched alkanes of at least 4 members (excludes halogenated alkanes) is 2. The zero-order valence-electron chi connectivity index (χ0n) is 8.36. The van der Waals surface area contributed by atoms with E-state index in [1.54, 1.807) is 18.0 Å². The first-order valence-electron chi connectivity index (χ1n) is 4.85. The van der Waals surface area contributed by atoms with E-state index >= 15 is 0 Å². The maximum absolute atomic E-state index is 8.65. The van der Waals surface area contributed by atoms with E-state index in [2.05, 4.69) is 11.9 Å². The second kappa shape index (κ2) is 6.44. The highest BCUT2D eigenvalue weighted by Crippen LogP contribution is 2.19. The lowest BCUT2D eigenvalue weighted by atomic mass is 10.3. The fourth-order valence-electron chi connectivity index (χ4n) is 1.10. The van der Waals surface area contributed by atoms with E-state index in [9.17, 15) is 0 Å². The van der Waals surface area contributed by atoms with Crippen LogP contribution in [0.15, 0.2) is 23.2 Å². The van der Waals surface area contributed by atoms with E-state index < -0.39 is 0 Å². The van der Waals surface area contributed by atoms with Crippen molar-refractivity contribution in [3.05, 3.63) is 24.0 Å². The maximum Gasteiger partial charge on any atom is 0.141 e. The molecule has 0 unspecified atom stereocenters. The topological polar surface area (TPSA) is 36.7 Å². The van der Waals surface area contributed by atoms with E-state index in [1.807, 2.05) is 18.2 Å². The minimum absolute atomic E-state index is 0.505. The third-order valence-electron chi connectivity index (χ3n) is 1.86. The Morgan fingerprint density at radius 1 is 1.50 bits per heavy atom. The molecule has 0 saturated carbocycles. The molecule has 0 radical (unpaired) electrons. The van der Waals surface area contributed by atoms with Gasteiger partial charge in [-0.05, 0) is 24.3 Å². The zero-order valence-corrected chi connectivity index (χ0v) is 9.18. The highest BCUT2D eigenvalue weighted by Gasteiger charge is 1.96. The first kappa shape index (κ1) is 11.1. The third-order valence-corrected chi connectivity index (χ3v) is 2.94. The lowest BCUT2D eigenvalue weighted by Crippen LogP contribution is -1.84. The van der Waals surface area contributed by atoms with Crippen molar-refractivity contribution in [1.29, 1.82) is 5.26 Å². The standard InChI is InChI=1S/C11H14N2S/c1-2-3-4-7-14-11-5-6-13-10(8-11)9-12/h5-6,8H,2-4,7H2,1H3. The molecule has 0 N–H and O–H groups in total.